The van der Waals surface area contributed by atoms with E-state index in [1.165, 1.54) is 0 Å². The van der Waals surface area contributed by atoms with Gasteiger partial charge in [0, 0.05) is 0 Å². The molecule has 2 fully saturated rings. The largest absolute Gasteiger partial charge is 0.371 e. The molecule has 0 aliphatic carbocycles. The van der Waals surface area contributed by atoms with E-state index in [1.807, 2.05) is 0 Å². The van der Waals surface area contributed by atoms with Crippen molar-refractivity contribution in [2.45, 2.75) is 24.4 Å². The molecular weight excluding hydrogens is 216 g/mol. The number of rotatable bonds is 2. The summed E-state index contributed by atoms with van der Waals surface area (Å²) >= 11 is 0. The summed E-state index contributed by atoms with van der Waals surface area (Å²) in [5.41, 5.74) is 5.64. The van der Waals surface area contributed by atoms with Crippen LogP contribution in [0.1, 0.15) is 0 Å². The first kappa shape index (κ1) is 11.4. The molecule has 0 unspecified atom stereocenters. The quantitative estimate of drug-likeness (QED) is 0.485. The Morgan fingerprint density at radius 1 is 1.36 bits per heavy atom. The van der Waals surface area contributed by atoms with Gasteiger partial charge in [-0.2, -0.15) is 0 Å². The van der Waals surface area contributed by atoms with Crippen molar-refractivity contribution in [3.8, 4) is 0 Å². The van der Waals surface area contributed by atoms with Crippen LogP contribution in [0.15, 0.2) is 0 Å². The zero-order valence-corrected chi connectivity index (χ0v) is 8.01. The first-order valence-electron chi connectivity index (χ1n) is 3.98. The Morgan fingerprint density at radius 3 is 2.64 bits per heavy atom. The molecule has 0 aromatic rings. The summed E-state index contributed by atoms with van der Waals surface area (Å²) in [6.07, 6.45) is -1.28. The number of fused-ring (bicyclic) bond motifs is 1. The minimum Gasteiger partial charge on any atom is -0.371 e. The topological polar surface area (TPSA) is 96.9 Å². The molecule has 0 saturated carbocycles. The van der Waals surface area contributed by atoms with Crippen LogP contribution in [0.2, 0.25) is 0 Å². The highest BCUT2D eigenvalue weighted by molar-refractivity contribution is 5.85. The lowest BCUT2D eigenvalue weighted by Gasteiger charge is -2.13. The minimum absolute atomic E-state index is 0. The summed E-state index contributed by atoms with van der Waals surface area (Å²) < 4.78 is 10.4. The zero-order valence-electron chi connectivity index (χ0n) is 7.20. The van der Waals surface area contributed by atoms with Crippen molar-refractivity contribution in [2.75, 3.05) is 13.2 Å². The van der Waals surface area contributed by atoms with E-state index in [0.29, 0.717) is 6.61 Å². The van der Waals surface area contributed by atoms with Gasteiger partial charge >= 0.3 is 0 Å². The van der Waals surface area contributed by atoms with Crippen LogP contribution in [-0.4, -0.2) is 42.7 Å². The van der Waals surface area contributed by atoms with Crippen molar-refractivity contribution < 1.29 is 19.4 Å². The lowest BCUT2D eigenvalue weighted by Crippen LogP contribution is -2.37. The highest BCUT2D eigenvalue weighted by Crippen LogP contribution is 2.27. The fourth-order valence-corrected chi connectivity index (χ4v) is 1.69. The maximum absolute atomic E-state index is 10.1. The SMILES string of the molecule is Cl.N[C@H]1CO[C@H]2[C@@H]1OC[C@@H]2O[N+](=O)[O-]. The van der Waals surface area contributed by atoms with E-state index in [4.69, 9.17) is 15.2 Å². The average molecular weight is 227 g/mol. The van der Waals surface area contributed by atoms with Crippen LogP contribution < -0.4 is 5.73 Å². The third kappa shape index (κ3) is 1.90. The lowest BCUT2D eigenvalue weighted by molar-refractivity contribution is -0.769. The number of hydrogen-bond donors (Lipinski definition) is 1. The van der Waals surface area contributed by atoms with Crippen LogP contribution in [0.3, 0.4) is 0 Å². The van der Waals surface area contributed by atoms with Gasteiger partial charge in [-0.3, -0.25) is 0 Å². The minimum atomic E-state index is -0.830. The Balaban J connectivity index is 0.000000980. The van der Waals surface area contributed by atoms with E-state index >= 15 is 0 Å². The van der Waals surface area contributed by atoms with Crippen molar-refractivity contribution in [1.82, 2.24) is 0 Å². The molecular formula is C6H11ClN2O5. The van der Waals surface area contributed by atoms with Crippen molar-refractivity contribution in [2.24, 2.45) is 5.73 Å². The highest BCUT2D eigenvalue weighted by Gasteiger charge is 2.48. The monoisotopic (exact) mass is 226 g/mol. The molecule has 2 N–H and O–H groups in total. The predicted octanol–water partition coefficient (Wildman–Crippen LogP) is -0.890. The maximum atomic E-state index is 10.1. The molecule has 7 nitrogen and oxygen atoms in total. The van der Waals surface area contributed by atoms with Crippen LogP contribution in [-0.2, 0) is 14.3 Å². The van der Waals surface area contributed by atoms with Crippen molar-refractivity contribution in [3.05, 3.63) is 10.1 Å². The lowest BCUT2D eigenvalue weighted by atomic mass is 10.1. The smallest absolute Gasteiger partial charge is 0.294 e. The van der Waals surface area contributed by atoms with Crippen LogP contribution in [0.4, 0.5) is 0 Å². The Hall–Kier alpha value is -0.630. The number of halogens is 1. The summed E-state index contributed by atoms with van der Waals surface area (Å²) in [6, 6.07) is -0.203. The van der Waals surface area contributed by atoms with Crippen molar-refractivity contribution >= 4 is 12.4 Å². The molecule has 2 rings (SSSR count). The van der Waals surface area contributed by atoms with Gasteiger partial charge in [0.1, 0.15) is 12.2 Å². The molecule has 4 atom stereocenters. The van der Waals surface area contributed by atoms with Gasteiger partial charge in [-0.1, -0.05) is 0 Å². The molecule has 2 aliphatic rings. The summed E-state index contributed by atoms with van der Waals surface area (Å²) in [7, 11) is 0. The summed E-state index contributed by atoms with van der Waals surface area (Å²) in [4.78, 5) is 14.5. The standard InChI is InChI=1S/C6H10N2O5.ClH/c7-3-1-11-6-4(13-8(9)10)2-12-5(3)6;/h3-6H,1-2,7H2;1H/t3-,4-,5+,6+;/m0./s1. The van der Waals surface area contributed by atoms with Crippen LogP contribution in [0, 0.1) is 10.1 Å². The van der Waals surface area contributed by atoms with Gasteiger partial charge in [0.25, 0.3) is 5.09 Å². The fraction of sp³-hybridized carbons (Fsp3) is 1.00. The van der Waals surface area contributed by atoms with Crippen LogP contribution in [0.5, 0.6) is 0 Å². The molecule has 0 radical (unpaired) electrons. The van der Waals surface area contributed by atoms with Crippen molar-refractivity contribution in [3.63, 3.8) is 0 Å². The molecule has 0 aromatic carbocycles. The number of nitrogens with zero attached hydrogens (tertiary/aromatic N) is 1. The van der Waals surface area contributed by atoms with E-state index < -0.39 is 11.2 Å². The van der Waals surface area contributed by atoms with Gasteiger partial charge in [0.2, 0.25) is 0 Å². The number of ether oxygens (including phenoxy) is 2. The summed E-state index contributed by atoms with van der Waals surface area (Å²) in [6.45, 7) is 0.539. The van der Waals surface area contributed by atoms with E-state index in [1.54, 1.807) is 0 Å². The molecule has 2 saturated heterocycles. The van der Waals surface area contributed by atoms with Crippen LogP contribution in [0.25, 0.3) is 0 Å². The zero-order chi connectivity index (χ0) is 9.42. The molecule has 2 aliphatic heterocycles. The Bertz CT molecular complexity index is 228. The first-order valence-corrected chi connectivity index (χ1v) is 3.98. The van der Waals surface area contributed by atoms with E-state index in [2.05, 4.69) is 4.84 Å². The maximum Gasteiger partial charge on any atom is 0.294 e. The fourth-order valence-electron chi connectivity index (χ4n) is 1.69. The first-order chi connectivity index (χ1) is 6.18. The second kappa shape index (κ2) is 4.26. The number of hydrogen-bond acceptors (Lipinski definition) is 6. The van der Waals surface area contributed by atoms with Gasteiger partial charge < -0.3 is 20.0 Å². The molecule has 0 amide bonds. The van der Waals surface area contributed by atoms with Gasteiger partial charge in [-0.05, 0) is 0 Å². The summed E-state index contributed by atoms with van der Waals surface area (Å²) in [5.74, 6) is 0. The third-order valence-electron chi connectivity index (χ3n) is 2.27. The molecule has 2 heterocycles. The normalized spacial score (nSPS) is 40.1. The molecule has 0 aromatic heterocycles. The van der Waals surface area contributed by atoms with Crippen LogP contribution >= 0.6 is 12.4 Å². The van der Waals surface area contributed by atoms with E-state index in [0.717, 1.165) is 0 Å². The Kier molecular flexibility index (Phi) is 3.48. The second-order valence-electron chi connectivity index (χ2n) is 3.13. The van der Waals surface area contributed by atoms with Gasteiger partial charge in [-0.25, -0.2) is 0 Å². The Morgan fingerprint density at radius 2 is 2.00 bits per heavy atom. The Labute approximate surface area is 86.0 Å². The number of nitrogens with two attached hydrogens (primary N) is 1. The second-order valence-corrected chi connectivity index (χ2v) is 3.13. The molecule has 8 heteroatoms. The highest BCUT2D eigenvalue weighted by atomic mass is 35.5. The van der Waals surface area contributed by atoms with Gasteiger partial charge in [-0.15, -0.1) is 22.5 Å². The van der Waals surface area contributed by atoms with E-state index in [9.17, 15) is 10.1 Å². The third-order valence-corrected chi connectivity index (χ3v) is 2.27. The van der Waals surface area contributed by atoms with Crippen molar-refractivity contribution in [1.29, 1.82) is 0 Å². The molecule has 82 valence electrons. The molecule has 14 heavy (non-hydrogen) atoms. The molecule has 0 spiro atoms. The summed E-state index contributed by atoms with van der Waals surface area (Å²) in [5, 5.41) is 9.24. The van der Waals surface area contributed by atoms with Gasteiger partial charge in [0.05, 0.1) is 19.3 Å². The molecule has 0 bridgehead atoms. The van der Waals surface area contributed by atoms with Gasteiger partial charge in [0.15, 0.2) is 6.10 Å². The van der Waals surface area contributed by atoms with E-state index in [-0.39, 0.29) is 37.3 Å². The predicted molar refractivity (Wildman–Crippen MR) is 46.6 cm³/mol. The average Bonchev–Trinajstić information content (AvgIpc) is 2.56.